The Labute approximate surface area is 162 Å². The van der Waals surface area contributed by atoms with Gasteiger partial charge in [0.2, 0.25) is 0 Å². The lowest BCUT2D eigenvalue weighted by atomic mass is 9.90. The Kier molecular flexibility index (Phi) is 6.60. The Hall–Kier alpha value is -2.22. The smallest absolute Gasteiger partial charge is 0.341 e. The molecular formula is C19H25N3O4S. The van der Waals surface area contributed by atoms with Crippen molar-refractivity contribution in [3.05, 3.63) is 16.0 Å². The number of rotatable bonds is 5. The molecule has 1 aromatic heterocycles. The number of thiophene rings is 1. The van der Waals surface area contributed by atoms with Gasteiger partial charge in [-0.1, -0.05) is 19.3 Å². The van der Waals surface area contributed by atoms with Gasteiger partial charge in [-0.15, -0.1) is 11.3 Å². The molecule has 0 aromatic carbocycles. The monoisotopic (exact) mass is 391 g/mol. The number of hydrogen-bond acceptors (Lipinski definition) is 6. The maximum Gasteiger partial charge on any atom is 0.341 e. The Morgan fingerprint density at radius 2 is 1.93 bits per heavy atom. The predicted molar refractivity (Wildman–Crippen MR) is 104 cm³/mol. The number of ether oxygens (including phenoxy) is 1. The maximum atomic E-state index is 12.3. The van der Waals surface area contributed by atoms with Crippen LogP contribution in [0.25, 0.3) is 0 Å². The zero-order chi connectivity index (χ0) is 19.2. The fourth-order valence-electron chi connectivity index (χ4n) is 3.61. The van der Waals surface area contributed by atoms with Crippen molar-refractivity contribution in [3.63, 3.8) is 0 Å². The molecule has 2 N–H and O–H groups in total. The molecule has 1 saturated carbocycles. The van der Waals surface area contributed by atoms with Crippen LogP contribution < -0.4 is 10.7 Å². The summed E-state index contributed by atoms with van der Waals surface area (Å²) >= 11 is 1.34. The van der Waals surface area contributed by atoms with E-state index in [2.05, 4.69) is 15.8 Å². The van der Waals surface area contributed by atoms with E-state index in [0.29, 0.717) is 16.5 Å². The lowest BCUT2D eigenvalue weighted by Crippen LogP contribution is -2.33. The molecule has 146 valence electrons. The highest BCUT2D eigenvalue weighted by atomic mass is 32.1. The molecular weight excluding hydrogens is 366 g/mol. The number of esters is 1. The fourth-order valence-corrected chi connectivity index (χ4v) is 4.88. The molecule has 0 unspecified atom stereocenters. The summed E-state index contributed by atoms with van der Waals surface area (Å²) in [6.45, 7) is 1.99. The number of fused-ring (bicyclic) bond motifs is 1. The minimum atomic E-state index is -0.842. The fraction of sp³-hybridized carbons (Fsp3) is 0.579. The van der Waals surface area contributed by atoms with Gasteiger partial charge in [0, 0.05) is 11.1 Å². The number of amides is 2. The van der Waals surface area contributed by atoms with Crippen LogP contribution in [-0.4, -0.2) is 30.6 Å². The van der Waals surface area contributed by atoms with Gasteiger partial charge in [-0.25, -0.2) is 10.2 Å². The number of nitrogens with one attached hydrogen (secondary N) is 2. The van der Waals surface area contributed by atoms with E-state index in [9.17, 15) is 14.4 Å². The molecule has 8 heteroatoms. The highest BCUT2D eigenvalue weighted by Gasteiger charge is 2.29. The second-order valence-electron chi connectivity index (χ2n) is 6.85. The number of hydrogen-bond donors (Lipinski definition) is 2. The van der Waals surface area contributed by atoms with E-state index >= 15 is 0 Å². The number of hydrazone groups is 1. The summed E-state index contributed by atoms with van der Waals surface area (Å²) in [5.41, 5.74) is 3.60. The molecule has 1 fully saturated rings. The summed E-state index contributed by atoms with van der Waals surface area (Å²) in [7, 11) is 0. The Morgan fingerprint density at radius 3 is 2.67 bits per heavy atom. The zero-order valence-electron chi connectivity index (χ0n) is 15.5. The van der Waals surface area contributed by atoms with Gasteiger partial charge in [0.25, 0.3) is 0 Å². The number of carbonyl (C=O) groups is 3. The quantitative estimate of drug-likeness (QED) is 0.349. The van der Waals surface area contributed by atoms with E-state index in [0.717, 1.165) is 42.5 Å². The highest BCUT2D eigenvalue weighted by molar-refractivity contribution is 7.17. The van der Waals surface area contributed by atoms with Gasteiger partial charge in [0.05, 0.1) is 12.2 Å². The van der Waals surface area contributed by atoms with Crippen LogP contribution in [0.2, 0.25) is 0 Å². The van der Waals surface area contributed by atoms with Gasteiger partial charge < -0.3 is 10.1 Å². The van der Waals surface area contributed by atoms with Crippen molar-refractivity contribution in [2.75, 3.05) is 11.9 Å². The van der Waals surface area contributed by atoms with Crippen molar-refractivity contribution >= 4 is 40.3 Å². The molecule has 0 bridgehead atoms. The van der Waals surface area contributed by atoms with Crippen molar-refractivity contribution in [3.8, 4) is 0 Å². The standard InChI is InChI=1S/C19H25N3O4S/c1-2-26-19(25)15-13-9-6-10-14(13)27-18(15)21-16(23)17(24)22-20-11-12-7-4-3-5-8-12/h11-12H,2-10H2,1H3,(H,21,23)(H,22,24)/b20-11+. The van der Waals surface area contributed by atoms with Crippen LogP contribution in [0.4, 0.5) is 5.00 Å². The second kappa shape index (κ2) is 9.12. The number of nitrogens with zero attached hydrogens (tertiary/aromatic N) is 1. The molecule has 0 saturated heterocycles. The molecule has 0 radical (unpaired) electrons. The lowest BCUT2D eigenvalue weighted by molar-refractivity contribution is -0.136. The summed E-state index contributed by atoms with van der Waals surface area (Å²) in [4.78, 5) is 37.6. The average molecular weight is 391 g/mol. The predicted octanol–water partition coefficient (Wildman–Crippen LogP) is 3.03. The molecule has 1 aromatic rings. The van der Waals surface area contributed by atoms with Crippen LogP contribution in [-0.2, 0) is 27.2 Å². The summed E-state index contributed by atoms with van der Waals surface area (Å²) in [5, 5.41) is 6.87. The first-order valence-corrected chi connectivity index (χ1v) is 10.4. The molecule has 2 aliphatic carbocycles. The minimum absolute atomic E-state index is 0.257. The van der Waals surface area contributed by atoms with Crippen molar-refractivity contribution in [1.29, 1.82) is 0 Å². The summed E-state index contributed by atoms with van der Waals surface area (Å²) < 4.78 is 5.12. The topological polar surface area (TPSA) is 96.9 Å². The first kappa shape index (κ1) is 19.5. The first-order valence-electron chi connectivity index (χ1n) is 9.56. The molecule has 0 spiro atoms. The third-order valence-electron chi connectivity index (χ3n) is 4.94. The third kappa shape index (κ3) is 4.74. The summed E-state index contributed by atoms with van der Waals surface area (Å²) in [6.07, 6.45) is 10.1. The summed E-state index contributed by atoms with van der Waals surface area (Å²) in [5.74, 6) is -1.77. The minimum Gasteiger partial charge on any atom is -0.462 e. The van der Waals surface area contributed by atoms with Crippen LogP contribution in [0, 0.1) is 5.92 Å². The first-order chi connectivity index (χ1) is 13.1. The van der Waals surface area contributed by atoms with Crippen molar-refractivity contribution < 1.29 is 19.1 Å². The molecule has 27 heavy (non-hydrogen) atoms. The third-order valence-corrected chi connectivity index (χ3v) is 6.14. The summed E-state index contributed by atoms with van der Waals surface area (Å²) in [6, 6.07) is 0. The number of aryl methyl sites for hydroxylation is 1. The van der Waals surface area contributed by atoms with Gasteiger partial charge >= 0.3 is 17.8 Å². The Morgan fingerprint density at radius 1 is 1.15 bits per heavy atom. The lowest BCUT2D eigenvalue weighted by Gasteiger charge is -2.16. The molecule has 2 amide bonds. The van der Waals surface area contributed by atoms with Crippen LogP contribution in [0.15, 0.2) is 5.10 Å². The van der Waals surface area contributed by atoms with Crippen molar-refractivity contribution in [2.24, 2.45) is 11.0 Å². The molecule has 1 heterocycles. The molecule has 0 atom stereocenters. The highest BCUT2D eigenvalue weighted by Crippen LogP contribution is 2.39. The van der Waals surface area contributed by atoms with Crippen molar-refractivity contribution in [1.82, 2.24) is 5.43 Å². The van der Waals surface area contributed by atoms with Gasteiger partial charge in [-0.3, -0.25) is 9.59 Å². The molecule has 3 rings (SSSR count). The molecule has 2 aliphatic rings. The maximum absolute atomic E-state index is 12.3. The van der Waals surface area contributed by atoms with Crippen LogP contribution in [0.3, 0.4) is 0 Å². The Balaban J connectivity index is 1.62. The van der Waals surface area contributed by atoms with E-state index in [1.165, 1.54) is 30.6 Å². The van der Waals surface area contributed by atoms with Gasteiger partial charge in [-0.2, -0.15) is 5.10 Å². The van der Waals surface area contributed by atoms with E-state index in [-0.39, 0.29) is 6.61 Å². The van der Waals surface area contributed by atoms with Gasteiger partial charge in [-0.05, 0) is 50.5 Å². The van der Waals surface area contributed by atoms with Gasteiger partial charge in [0.1, 0.15) is 5.00 Å². The Bertz CT molecular complexity index is 750. The van der Waals surface area contributed by atoms with Crippen LogP contribution in [0.5, 0.6) is 0 Å². The zero-order valence-corrected chi connectivity index (χ0v) is 16.3. The van der Waals surface area contributed by atoms with Crippen molar-refractivity contribution in [2.45, 2.75) is 58.3 Å². The normalized spacial score (nSPS) is 16.9. The van der Waals surface area contributed by atoms with Crippen LogP contribution >= 0.6 is 11.3 Å². The van der Waals surface area contributed by atoms with Crippen LogP contribution in [0.1, 0.15) is 66.2 Å². The molecule has 7 nitrogen and oxygen atoms in total. The van der Waals surface area contributed by atoms with E-state index in [4.69, 9.17) is 4.74 Å². The number of anilines is 1. The number of carbonyl (C=O) groups excluding carboxylic acids is 3. The second-order valence-corrected chi connectivity index (χ2v) is 7.96. The SMILES string of the molecule is CCOC(=O)c1c(NC(=O)C(=O)N/N=C/C2CCCCC2)sc2c1CCC2. The molecule has 0 aliphatic heterocycles. The largest absolute Gasteiger partial charge is 0.462 e. The van der Waals surface area contributed by atoms with E-state index < -0.39 is 17.8 Å². The van der Waals surface area contributed by atoms with Gasteiger partial charge in [0.15, 0.2) is 0 Å². The average Bonchev–Trinajstić information content (AvgIpc) is 3.23. The van der Waals surface area contributed by atoms with E-state index in [1.54, 1.807) is 13.1 Å². The van der Waals surface area contributed by atoms with E-state index in [1.807, 2.05) is 0 Å².